The summed E-state index contributed by atoms with van der Waals surface area (Å²) in [7, 11) is 0. The minimum absolute atomic E-state index is 0.170. The van der Waals surface area contributed by atoms with Crippen LogP contribution in [0.25, 0.3) is 0 Å². The third kappa shape index (κ3) is 8.13. The molecule has 2 N–H and O–H groups in total. The number of thioether (sulfide) groups is 1. The van der Waals surface area contributed by atoms with Crippen LogP contribution in [0.1, 0.15) is 20.8 Å². The number of carbonyl (C=O) groups is 3. The number of amides is 1. The van der Waals surface area contributed by atoms with Crippen LogP contribution in [-0.4, -0.2) is 41.2 Å². The molecule has 9 heteroatoms. The Balaban J connectivity index is 2.60. The summed E-state index contributed by atoms with van der Waals surface area (Å²) >= 11 is 6.92. The van der Waals surface area contributed by atoms with Crippen LogP contribution in [0.3, 0.4) is 0 Å². The van der Waals surface area contributed by atoms with Crippen molar-refractivity contribution in [3.8, 4) is 0 Å². The molecule has 7 nitrogen and oxygen atoms in total. The number of esters is 1. The zero-order chi connectivity index (χ0) is 19.0. The summed E-state index contributed by atoms with van der Waals surface area (Å²) in [6.45, 7) is 4.47. The molecule has 0 aliphatic rings. The second-order valence-corrected chi connectivity index (χ2v) is 7.12. The molecule has 1 amide bonds. The minimum Gasteiger partial charge on any atom is -0.480 e. The smallest absolute Gasteiger partial charge is 0.410 e. The fourth-order valence-electron chi connectivity index (χ4n) is 1.67. The average Bonchev–Trinajstić information content (AvgIpc) is 2.50. The summed E-state index contributed by atoms with van der Waals surface area (Å²) in [5.74, 6) is -1.91. The number of carboxylic acids is 1. The SMILES string of the molecule is CC(=O)O[C@@H](OC(=O)NC[C@H](Sc1cccc(Cl)c1)C(=O)O)C(C)C. The first-order chi connectivity index (χ1) is 11.7. The highest BCUT2D eigenvalue weighted by Gasteiger charge is 2.24. The summed E-state index contributed by atoms with van der Waals surface area (Å²) in [6, 6.07) is 6.74. The van der Waals surface area contributed by atoms with E-state index in [1.807, 2.05) is 0 Å². The molecule has 1 aromatic rings. The van der Waals surface area contributed by atoms with Crippen molar-refractivity contribution in [1.82, 2.24) is 5.32 Å². The Morgan fingerprint density at radius 1 is 1.28 bits per heavy atom. The molecule has 0 spiro atoms. The van der Waals surface area contributed by atoms with E-state index < -0.39 is 29.6 Å². The van der Waals surface area contributed by atoms with Gasteiger partial charge in [0.25, 0.3) is 6.29 Å². The number of alkyl carbamates (subject to hydrolysis) is 1. The van der Waals surface area contributed by atoms with Crippen molar-refractivity contribution in [3.05, 3.63) is 29.3 Å². The lowest BCUT2D eigenvalue weighted by Crippen LogP contribution is -2.38. The van der Waals surface area contributed by atoms with E-state index in [9.17, 15) is 19.5 Å². The predicted octanol–water partition coefficient (Wildman–Crippen LogP) is 3.16. The summed E-state index contributed by atoms with van der Waals surface area (Å²) in [4.78, 5) is 34.8. The fraction of sp³-hybridized carbons (Fsp3) is 0.438. The highest BCUT2D eigenvalue weighted by molar-refractivity contribution is 8.00. The Hall–Kier alpha value is -1.93. The van der Waals surface area contributed by atoms with Crippen molar-refractivity contribution in [2.24, 2.45) is 5.92 Å². The molecular weight excluding hydrogens is 370 g/mol. The molecule has 0 aromatic heterocycles. The number of carbonyl (C=O) groups excluding carboxylic acids is 2. The molecule has 0 saturated carbocycles. The Morgan fingerprint density at radius 2 is 1.96 bits per heavy atom. The summed E-state index contributed by atoms with van der Waals surface area (Å²) < 4.78 is 9.89. The zero-order valence-corrected chi connectivity index (χ0v) is 15.6. The van der Waals surface area contributed by atoms with Gasteiger partial charge in [0.15, 0.2) is 0 Å². The summed E-state index contributed by atoms with van der Waals surface area (Å²) in [5.41, 5.74) is 0. The number of hydrogen-bond acceptors (Lipinski definition) is 6. The highest BCUT2D eigenvalue weighted by Crippen LogP contribution is 2.25. The van der Waals surface area contributed by atoms with Crippen LogP contribution in [0, 0.1) is 5.92 Å². The van der Waals surface area contributed by atoms with Crippen molar-refractivity contribution in [1.29, 1.82) is 0 Å². The van der Waals surface area contributed by atoms with E-state index in [1.165, 1.54) is 6.92 Å². The summed E-state index contributed by atoms with van der Waals surface area (Å²) in [6.07, 6.45) is -1.90. The van der Waals surface area contributed by atoms with Crippen LogP contribution in [0.4, 0.5) is 4.79 Å². The van der Waals surface area contributed by atoms with Crippen LogP contribution in [0.15, 0.2) is 29.2 Å². The minimum atomic E-state index is -1.09. The molecule has 25 heavy (non-hydrogen) atoms. The normalized spacial score (nSPS) is 13.0. The molecule has 0 bridgehead atoms. The molecule has 1 rings (SSSR count). The van der Waals surface area contributed by atoms with Gasteiger partial charge in [0.2, 0.25) is 0 Å². The van der Waals surface area contributed by atoms with E-state index in [0.717, 1.165) is 11.8 Å². The van der Waals surface area contributed by atoms with E-state index in [-0.39, 0.29) is 12.5 Å². The number of hydrogen-bond donors (Lipinski definition) is 2. The van der Waals surface area contributed by atoms with Crippen LogP contribution in [0.5, 0.6) is 0 Å². The van der Waals surface area contributed by atoms with Crippen molar-refractivity contribution in [2.45, 2.75) is 37.2 Å². The first-order valence-corrected chi connectivity index (χ1v) is 8.71. The molecular formula is C16H20ClNO6S. The lowest BCUT2D eigenvalue weighted by molar-refractivity contribution is -0.172. The quantitative estimate of drug-likeness (QED) is 0.400. The molecule has 138 valence electrons. The maximum atomic E-state index is 11.8. The van der Waals surface area contributed by atoms with Gasteiger partial charge in [-0.25, -0.2) is 4.79 Å². The van der Waals surface area contributed by atoms with Gasteiger partial charge in [-0.15, -0.1) is 11.8 Å². The van der Waals surface area contributed by atoms with Gasteiger partial charge in [0.05, 0.1) is 0 Å². The van der Waals surface area contributed by atoms with E-state index in [1.54, 1.807) is 38.1 Å². The van der Waals surface area contributed by atoms with Crippen LogP contribution in [0.2, 0.25) is 5.02 Å². The number of nitrogens with one attached hydrogen (secondary N) is 1. The fourth-order valence-corrected chi connectivity index (χ4v) is 2.87. The third-order valence-corrected chi connectivity index (χ3v) is 4.25. The summed E-state index contributed by atoms with van der Waals surface area (Å²) in [5, 5.41) is 11.2. The molecule has 1 aromatic carbocycles. The van der Waals surface area contributed by atoms with E-state index in [4.69, 9.17) is 21.1 Å². The second-order valence-electron chi connectivity index (χ2n) is 5.41. The van der Waals surface area contributed by atoms with Gasteiger partial charge in [-0.1, -0.05) is 31.5 Å². The molecule has 0 fully saturated rings. The topological polar surface area (TPSA) is 102 Å². The van der Waals surface area contributed by atoms with Crippen LogP contribution in [-0.2, 0) is 19.1 Å². The van der Waals surface area contributed by atoms with Gasteiger partial charge in [-0.2, -0.15) is 0 Å². The van der Waals surface area contributed by atoms with Gasteiger partial charge in [-0.05, 0) is 18.2 Å². The van der Waals surface area contributed by atoms with E-state index in [2.05, 4.69) is 5.32 Å². The number of aliphatic carboxylic acids is 1. The number of rotatable bonds is 8. The van der Waals surface area contributed by atoms with Gasteiger partial charge in [0, 0.05) is 29.3 Å². The maximum absolute atomic E-state index is 11.8. The molecule has 0 saturated heterocycles. The maximum Gasteiger partial charge on any atom is 0.410 e. The Kier molecular flexibility index (Phi) is 8.57. The van der Waals surface area contributed by atoms with Crippen LogP contribution < -0.4 is 5.32 Å². The first-order valence-electron chi connectivity index (χ1n) is 7.45. The predicted molar refractivity (Wildman–Crippen MR) is 93.6 cm³/mol. The van der Waals surface area contributed by atoms with Crippen LogP contribution >= 0.6 is 23.4 Å². The third-order valence-electron chi connectivity index (χ3n) is 2.83. The Bertz CT molecular complexity index is 624. The lowest BCUT2D eigenvalue weighted by Gasteiger charge is -2.21. The van der Waals surface area contributed by atoms with E-state index >= 15 is 0 Å². The average molecular weight is 390 g/mol. The second kappa shape index (κ2) is 10.1. The Labute approximate surface area is 155 Å². The molecule has 0 heterocycles. The Morgan fingerprint density at radius 3 is 2.48 bits per heavy atom. The van der Waals surface area contributed by atoms with Gasteiger partial charge in [0.1, 0.15) is 5.25 Å². The monoisotopic (exact) mass is 389 g/mol. The zero-order valence-electron chi connectivity index (χ0n) is 14.0. The number of ether oxygens (including phenoxy) is 2. The molecule has 0 unspecified atom stereocenters. The van der Waals surface area contributed by atoms with Crippen molar-refractivity contribution >= 4 is 41.4 Å². The number of carboxylic acid groups (broad SMARTS) is 1. The van der Waals surface area contributed by atoms with Crippen molar-refractivity contribution in [2.75, 3.05) is 6.54 Å². The number of halogens is 1. The standard InChI is InChI=1S/C16H20ClNO6S/c1-9(2)15(23-10(3)19)24-16(22)18-8-13(14(20)21)25-12-6-4-5-11(17)7-12/h4-7,9,13,15H,8H2,1-3H3,(H,18,22)(H,20,21)/t13-,15-/m0/s1. The molecule has 0 radical (unpaired) electrons. The first kappa shape index (κ1) is 21.1. The largest absolute Gasteiger partial charge is 0.480 e. The van der Waals surface area contributed by atoms with Gasteiger partial charge < -0.3 is 19.9 Å². The van der Waals surface area contributed by atoms with Crippen molar-refractivity contribution in [3.63, 3.8) is 0 Å². The van der Waals surface area contributed by atoms with Crippen molar-refractivity contribution < 1.29 is 29.0 Å². The number of benzene rings is 1. The van der Waals surface area contributed by atoms with E-state index in [0.29, 0.717) is 9.92 Å². The van der Waals surface area contributed by atoms with Gasteiger partial charge >= 0.3 is 18.0 Å². The highest BCUT2D eigenvalue weighted by atomic mass is 35.5. The molecule has 0 aliphatic carbocycles. The molecule has 0 aliphatic heterocycles. The lowest BCUT2D eigenvalue weighted by atomic mass is 10.2. The molecule has 2 atom stereocenters. The van der Waals surface area contributed by atoms with Gasteiger partial charge in [-0.3, -0.25) is 9.59 Å².